The molecule has 5 heteroatoms. The number of nitrogens with zero attached hydrogens (tertiary/aromatic N) is 2. The molecule has 0 amide bonds. The Hall–Kier alpha value is -1.59. The molecule has 0 aliphatic carbocycles. The van der Waals surface area contributed by atoms with Crippen LogP contribution in [-0.4, -0.2) is 50.3 Å². The number of hydrogen-bond acceptors (Lipinski definition) is 3. The molecule has 98 valence electrons. The lowest BCUT2D eigenvalue weighted by Gasteiger charge is -2.29. The Morgan fingerprint density at radius 1 is 1.50 bits per heavy atom. The van der Waals surface area contributed by atoms with E-state index in [1.54, 1.807) is 0 Å². The van der Waals surface area contributed by atoms with Crippen LogP contribution < -0.4 is 11.1 Å². The predicted octanol–water partition coefficient (Wildman–Crippen LogP) is 0.744. The Kier molecular flexibility index (Phi) is 4.55. The van der Waals surface area contributed by atoms with Crippen LogP contribution in [-0.2, 0) is 4.74 Å². The van der Waals surface area contributed by atoms with Gasteiger partial charge in [0.25, 0.3) is 0 Å². The van der Waals surface area contributed by atoms with E-state index in [1.165, 1.54) is 0 Å². The van der Waals surface area contributed by atoms with Gasteiger partial charge in [-0.2, -0.15) is 0 Å². The monoisotopic (exact) mass is 248 g/mol. The number of likely N-dealkylation sites (N-methyl/N-ethyl adjacent to an activating group) is 1. The van der Waals surface area contributed by atoms with Gasteiger partial charge in [-0.1, -0.05) is 18.2 Å². The van der Waals surface area contributed by atoms with Gasteiger partial charge in [-0.05, 0) is 19.2 Å². The van der Waals surface area contributed by atoms with Gasteiger partial charge < -0.3 is 20.7 Å². The maximum absolute atomic E-state index is 5.83. The fourth-order valence-electron chi connectivity index (χ4n) is 1.89. The summed E-state index contributed by atoms with van der Waals surface area (Å²) in [5.74, 6) is 0.429. The molecule has 3 N–H and O–H groups in total. The highest BCUT2D eigenvalue weighted by atomic mass is 16.5. The molecule has 1 aromatic rings. The molecule has 0 spiro atoms. The van der Waals surface area contributed by atoms with Crippen LogP contribution in [0.5, 0.6) is 0 Å². The van der Waals surface area contributed by atoms with Crippen molar-refractivity contribution in [1.82, 2.24) is 4.90 Å². The number of morpholine rings is 1. The van der Waals surface area contributed by atoms with E-state index < -0.39 is 0 Å². The number of guanidine groups is 1. The molecule has 0 aromatic heterocycles. The minimum atomic E-state index is 0.139. The van der Waals surface area contributed by atoms with Crippen LogP contribution >= 0.6 is 0 Å². The van der Waals surface area contributed by atoms with Crippen molar-refractivity contribution in [2.45, 2.75) is 6.10 Å². The maximum atomic E-state index is 5.83. The molecule has 0 radical (unpaired) electrons. The Labute approximate surface area is 108 Å². The van der Waals surface area contributed by atoms with E-state index in [2.05, 4.69) is 22.3 Å². The average molecular weight is 248 g/mol. The fourth-order valence-corrected chi connectivity index (χ4v) is 1.89. The van der Waals surface area contributed by atoms with E-state index in [0.717, 1.165) is 25.4 Å². The number of ether oxygens (including phenoxy) is 1. The summed E-state index contributed by atoms with van der Waals surface area (Å²) in [6.07, 6.45) is 0.139. The highest BCUT2D eigenvalue weighted by Crippen LogP contribution is 2.05. The van der Waals surface area contributed by atoms with Gasteiger partial charge >= 0.3 is 0 Å². The van der Waals surface area contributed by atoms with E-state index in [0.29, 0.717) is 12.5 Å². The molecule has 1 atom stereocenters. The van der Waals surface area contributed by atoms with Crippen molar-refractivity contribution in [3.05, 3.63) is 30.3 Å². The Bertz CT molecular complexity index is 393. The van der Waals surface area contributed by atoms with Crippen LogP contribution in [0.3, 0.4) is 0 Å². The molecule has 1 fully saturated rings. The third-order valence-corrected chi connectivity index (χ3v) is 2.85. The van der Waals surface area contributed by atoms with Gasteiger partial charge in [0.2, 0.25) is 0 Å². The molecular formula is C13H20N4O. The lowest BCUT2D eigenvalue weighted by Crippen LogP contribution is -2.41. The molecule has 1 aliphatic heterocycles. The van der Waals surface area contributed by atoms with Crippen molar-refractivity contribution < 1.29 is 4.74 Å². The van der Waals surface area contributed by atoms with Gasteiger partial charge in [-0.3, -0.25) is 4.99 Å². The predicted molar refractivity (Wildman–Crippen MR) is 73.8 cm³/mol. The molecule has 1 aliphatic rings. The second-order valence-electron chi connectivity index (χ2n) is 4.47. The molecule has 1 aromatic carbocycles. The SMILES string of the molecule is CN1CCOC(CN=C(N)Nc2ccccc2)C1. The van der Waals surface area contributed by atoms with E-state index >= 15 is 0 Å². The first-order valence-electron chi connectivity index (χ1n) is 6.16. The van der Waals surface area contributed by atoms with Gasteiger partial charge in [0.05, 0.1) is 19.3 Å². The van der Waals surface area contributed by atoms with Gasteiger partial charge in [-0.15, -0.1) is 0 Å². The number of benzene rings is 1. The highest BCUT2D eigenvalue weighted by molar-refractivity contribution is 5.92. The highest BCUT2D eigenvalue weighted by Gasteiger charge is 2.16. The quantitative estimate of drug-likeness (QED) is 0.612. The lowest BCUT2D eigenvalue weighted by atomic mass is 10.3. The number of aliphatic imine (C=N–C) groups is 1. The summed E-state index contributed by atoms with van der Waals surface area (Å²) < 4.78 is 5.62. The summed E-state index contributed by atoms with van der Waals surface area (Å²) in [5, 5.41) is 3.05. The van der Waals surface area contributed by atoms with Crippen molar-refractivity contribution >= 4 is 11.6 Å². The van der Waals surface area contributed by atoms with Crippen molar-refractivity contribution in [3.63, 3.8) is 0 Å². The van der Waals surface area contributed by atoms with Gasteiger partial charge in [0, 0.05) is 18.8 Å². The van der Waals surface area contributed by atoms with Crippen LogP contribution in [0.4, 0.5) is 5.69 Å². The van der Waals surface area contributed by atoms with Gasteiger partial charge in [-0.25, -0.2) is 0 Å². The summed E-state index contributed by atoms with van der Waals surface area (Å²) in [6, 6.07) is 9.77. The largest absolute Gasteiger partial charge is 0.374 e. The van der Waals surface area contributed by atoms with Gasteiger partial charge in [0.15, 0.2) is 5.96 Å². The van der Waals surface area contributed by atoms with Crippen molar-refractivity contribution in [1.29, 1.82) is 0 Å². The van der Waals surface area contributed by atoms with E-state index in [-0.39, 0.29) is 6.10 Å². The van der Waals surface area contributed by atoms with Crippen LogP contribution in [0.1, 0.15) is 0 Å². The third-order valence-electron chi connectivity index (χ3n) is 2.85. The fraction of sp³-hybridized carbons (Fsp3) is 0.462. The second kappa shape index (κ2) is 6.37. The zero-order valence-electron chi connectivity index (χ0n) is 10.7. The molecule has 1 saturated heterocycles. The van der Waals surface area contributed by atoms with E-state index in [9.17, 15) is 0 Å². The lowest BCUT2D eigenvalue weighted by molar-refractivity contribution is -0.0136. The third kappa shape index (κ3) is 4.01. The summed E-state index contributed by atoms with van der Waals surface area (Å²) >= 11 is 0. The first-order chi connectivity index (χ1) is 8.74. The molecule has 5 nitrogen and oxygen atoms in total. The van der Waals surface area contributed by atoms with E-state index in [1.807, 2.05) is 30.3 Å². The summed E-state index contributed by atoms with van der Waals surface area (Å²) in [7, 11) is 2.09. The molecule has 1 unspecified atom stereocenters. The first kappa shape index (κ1) is 12.9. The molecule has 2 rings (SSSR count). The number of nitrogens with two attached hydrogens (primary N) is 1. The maximum Gasteiger partial charge on any atom is 0.193 e. The first-order valence-corrected chi connectivity index (χ1v) is 6.16. The average Bonchev–Trinajstić information content (AvgIpc) is 2.38. The minimum absolute atomic E-state index is 0.139. The molecule has 1 heterocycles. The molecule has 0 saturated carbocycles. The van der Waals surface area contributed by atoms with Gasteiger partial charge in [0.1, 0.15) is 0 Å². The molecule has 18 heavy (non-hydrogen) atoms. The van der Waals surface area contributed by atoms with E-state index in [4.69, 9.17) is 10.5 Å². The smallest absolute Gasteiger partial charge is 0.193 e. The topological polar surface area (TPSA) is 62.9 Å². The summed E-state index contributed by atoms with van der Waals surface area (Å²) in [4.78, 5) is 6.55. The number of rotatable bonds is 3. The minimum Gasteiger partial charge on any atom is -0.374 e. The van der Waals surface area contributed by atoms with Crippen molar-refractivity contribution in [2.24, 2.45) is 10.7 Å². The van der Waals surface area contributed by atoms with Crippen LogP contribution in [0.2, 0.25) is 0 Å². The van der Waals surface area contributed by atoms with Crippen LogP contribution in [0.15, 0.2) is 35.3 Å². The van der Waals surface area contributed by atoms with Crippen molar-refractivity contribution in [2.75, 3.05) is 38.6 Å². The Balaban J connectivity index is 1.81. The molecular weight excluding hydrogens is 228 g/mol. The van der Waals surface area contributed by atoms with Crippen LogP contribution in [0, 0.1) is 0 Å². The summed E-state index contributed by atoms with van der Waals surface area (Å²) in [5.41, 5.74) is 6.77. The normalized spacial score (nSPS) is 21.8. The Morgan fingerprint density at radius 2 is 2.28 bits per heavy atom. The Morgan fingerprint density at radius 3 is 3.00 bits per heavy atom. The van der Waals surface area contributed by atoms with Crippen molar-refractivity contribution in [3.8, 4) is 0 Å². The van der Waals surface area contributed by atoms with Crippen LogP contribution in [0.25, 0.3) is 0 Å². The number of para-hydroxylation sites is 1. The molecule has 0 bridgehead atoms. The number of hydrogen-bond donors (Lipinski definition) is 2. The zero-order valence-corrected chi connectivity index (χ0v) is 10.7. The number of nitrogens with one attached hydrogen (secondary N) is 1. The summed E-state index contributed by atoms with van der Waals surface area (Å²) in [6.45, 7) is 3.25. The number of anilines is 1. The standard InChI is InChI=1S/C13H20N4O/c1-17-7-8-18-12(10-17)9-15-13(14)16-11-5-3-2-4-6-11/h2-6,12H,7-10H2,1H3,(H3,14,15,16). The second-order valence-corrected chi connectivity index (χ2v) is 4.47. The zero-order chi connectivity index (χ0) is 12.8.